The normalized spacial score (nSPS) is 12.3. The summed E-state index contributed by atoms with van der Waals surface area (Å²) in [4.78, 5) is 13.1. The van der Waals surface area contributed by atoms with Crippen LogP contribution in [-0.2, 0) is 6.42 Å². The highest BCUT2D eigenvalue weighted by atomic mass is 35.5. The largest absolute Gasteiger partial charge is 0.394 e. The molecule has 0 fully saturated rings. The van der Waals surface area contributed by atoms with Crippen molar-refractivity contribution in [2.24, 2.45) is 0 Å². The molecule has 1 aromatic carbocycles. The molecule has 0 saturated carbocycles. The van der Waals surface area contributed by atoms with E-state index in [4.69, 9.17) is 17.3 Å². The first kappa shape index (κ1) is 19.3. The van der Waals surface area contributed by atoms with Crippen LogP contribution in [-0.4, -0.2) is 32.7 Å². The van der Waals surface area contributed by atoms with Crippen LogP contribution in [0.2, 0.25) is 5.02 Å². The van der Waals surface area contributed by atoms with E-state index in [1.54, 1.807) is 6.20 Å². The number of nitrogens with two attached hydrogens (primary N) is 1. The first-order chi connectivity index (χ1) is 13.1. The molecule has 2 heterocycles. The number of nitrogens with one attached hydrogen (secondary N) is 1. The summed E-state index contributed by atoms with van der Waals surface area (Å²) in [6.45, 7) is 2.16. The van der Waals surface area contributed by atoms with Crippen molar-refractivity contribution in [2.75, 3.05) is 17.7 Å². The number of aromatic nitrogens is 3. The summed E-state index contributed by atoms with van der Waals surface area (Å²) in [7, 11) is 0. The van der Waals surface area contributed by atoms with Crippen molar-refractivity contribution < 1.29 is 5.11 Å². The van der Waals surface area contributed by atoms with Crippen LogP contribution in [0.15, 0.2) is 36.5 Å². The van der Waals surface area contributed by atoms with Crippen LogP contribution in [0, 0.1) is 0 Å². The van der Waals surface area contributed by atoms with E-state index in [1.807, 2.05) is 30.3 Å². The van der Waals surface area contributed by atoms with Gasteiger partial charge in [-0.2, -0.15) is 4.98 Å². The second-order valence-electron chi connectivity index (χ2n) is 6.59. The van der Waals surface area contributed by atoms with E-state index in [1.165, 1.54) is 0 Å². The molecule has 2 aromatic heterocycles. The third-order valence-corrected chi connectivity index (χ3v) is 4.67. The number of hydrogen-bond donors (Lipinski definition) is 3. The highest BCUT2D eigenvalue weighted by molar-refractivity contribution is 6.30. The maximum Gasteiger partial charge on any atom is 0.222 e. The fraction of sp³-hybridized carbons (Fsp3) is 0.350. The summed E-state index contributed by atoms with van der Waals surface area (Å²) in [6, 6.07) is 9.61. The molecular formula is C20H24ClN5O. The van der Waals surface area contributed by atoms with Crippen molar-refractivity contribution in [3.63, 3.8) is 0 Å². The number of hydrogen-bond acceptors (Lipinski definition) is 6. The number of fused-ring (bicyclic) bond motifs is 1. The molecule has 27 heavy (non-hydrogen) atoms. The van der Waals surface area contributed by atoms with E-state index in [0.717, 1.165) is 35.9 Å². The van der Waals surface area contributed by atoms with Crippen LogP contribution in [0.5, 0.6) is 0 Å². The lowest BCUT2D eigenvalue weighted by Gasteiger charge is -2.18. The van der Waals surface area contributed by atoms with Gasteiger partial charge in [0.25, 0.3) is 0 Å². The van der Waals surface area contributed by atoms with Crippen molar-refractivity contribution >= 4 is 34.3 Å². The third kappa shape index (κ3) is 5.05. The van der Waals surface area contributed by atoms with Crippen LogP contribution in [0.25, 0.3) is 10.9 Å². The molecule has 7 heteroatoms. The summed E-state index contributed by atoms with van der Waals surface area (Å²) >= 11 is 5.95. The van der Waals surface area contributed by atoms with Crippen LogP contribution >= 0.6 is 11.6 Å². The summed E-state index contributed by atoms with van der Waals surface area (Å²) in [6.07, 6.45) is 5.35. The van der Waals surface area contributed by atoms with E-state index < -0.39 is 0 Å². The Balaban J connectivity index is 1.91. The molecule has 3 aromatic rings. The number of benzene rings is 1. The topological polar surface area (TPSA) is 97.0 Å². The Morgan fingerprint density at radius 2 is 2.00 bits per heavy atom. The molecule has 4 N–H and O–H groups in total. The minimum Gasteiger partial charge on any atom is -0.394 e. The van der Waals surface area contributed by atoms with Gasteiger partial charge in [0.2, 0.25) is 5.95 Å². The number of rotatable bonds is 8. The van der Waals surface area contributed by atoms with Crippen molar-refractivity contribution in [2.45, 2.75) is 38.6 Å². The molecule has 0 bridgehead atoms. The molecular weight excluding hydrogens is 362 g/mol. The van der Waals surface area contributed by atoms with Gasteiger partial charge < -0.3 is 16.2 Å². The molecule has 0 saturated heterocycles. The molecule has 0 spiro atoms. The smallest absolute Gasteiger partial charge is 0.222 e. The predicted molar refractivity (Wildman–Crippen MR) is 110 cm³/mol. The first-order valence-electron chi connectivity index (χ1n) is 9.13. The maximum atomic E-state index is 9.67. The standard InChI is InChI=1S/C20H24ClN5O/c1-2-3-4-15(12-27)24-19-17-10-16(9-13-5-7-14(21)8-6-13)23-11-18(17)25-20(22)26-19/h5-8,10-11,15,27H,2-4,9,12H2,1H3,(H3,22,24,25,26). The van der Waals surface area contributed by atoms with Crippen LogP contribution < -0.4 is 11.1 Å². The summed E-state index contributed by atoms with van der Waals surface area (Å²) in [5, 5.41) is 14.5. The minimum absolute atomic E-state index is 0.0358. The molecule has 6 nitrogen and oxygen atoms in total. The number of anilines is 2. The van der Waals surface area contributed by atoms with Crippen molar-refractivity contribution in [3.8, 4) is 0 Å². The molecule has 1 atom stereocenters. The second-order valence-corrected chi connectivity index (χ2v) is 7.03. The molecule has 0 radical (unpaired) electrons. The Labute approximate surface area is 163 Å². The van der Waals surface area contributed by atoms with E-state index in [2.05, 4.69) is 27.2 Å². The van der Waals surface area contributed by atoms with Gasteiger partial charge in [-0.25, -0.2) is 4.98 Å². The lowest BCUT2D eigenvalue weighted by molar-refractivity contribution is 0.267. The van der Waals surface area contributed by atoms with Crippen molar-refractivity contribution in [3.05, 3.63) is 52.8 Å². The minimum atomic E-state index is -0.0738. The van der Waals surface area contributed by atoms with E-state index in [0.29, 0.717) is 22.8 Å². The molecule has 142 valence electrons. The van der Waals surface area contributed by atoms with Gasteiger partial charge in [-0.1, -0.05) is 43.5 Å². The highest BCUT2D eigenvalue weighted by Gasteiger charge is 2.13. The molecule has 0 aliphatic rings. The van der Waals surface area contributed by atoms with Gasteiger partial charge in [-0.05, 0) is 30.2 Å². The lowest BCUT2D eigenvalue weighted by Crippen LogP contribution is -2.24. The van der Waals surface area contributed by atoms with Gasteiger partial charge in [-0.3, -0.25) is 4.98 Å². The Kier molecular flexibility index (Phi) is 6.42. The zero-order valence-corrected chi connectivity index (χ0v) is 16.1. The Hall–Kier alpha value is -2.44. The Morgan fingerprint density at radius 3 is 2.70 bits per heavy atom. The van der Waals surface area contributed by atoms with Crippen LogP contribution in [0.1, 0.15) is 37.4 Å². The summed E-state index contributed by atoms with van der Waals surface area (Å²) < 4.78 is 0. The molecule has 3 rings (SSSR count). The number of aliphatic hydroxyl groups excluding tert-OH is 1. The van der Waals surface area contributed by atoms with Gasteiger partial charge >= 0.3 is 0 Å². The van der Waals surface area contributed by atoms with E-state index in [-0.39, 0.29) is 18.6 Å². The molecule has 0 aliphatic carbocycles. The second kappa shape index (κ2) is 8.97. The number of nitrogen functional groups attached to an aromatic ring is 1. The number of aliphatic hydroxyl groups is 1. The van der Waals surface area contributed by atoms with Crippen molar-refractivity contribution in [1.29, 1.82) is 0 Å². The van der Waals surface area contributed by atoms with Gasteiger partial charge in [0.05, 0.1) is 24.4 Å². The van der Waals surface area contributed by atoms with Gasteiger partial charge in [-0.15, -0.1) is 0 Å². The fourth-order valence-corrected chi connectivity index (χ4v) is 3.09. The number of unbranched alkanes of at least 4 members (excludes halogenated alkanes) is 1. The Bertz CT molecular complexity index is 901. The van der Waals surface area contributed by atoms with Gasteiger partial charge in [0.1, 0.15) is 5.82 Å². The lowest BCUT2D eigenvalue weighted by atomic mass is 10.1. The van der Waals surface area contributed by atoms with Crippen molar-refractivity contribution in [1.82, 2.24) is 15.0 Å². The number of halogens is 1. The molecule has 0 amide bonds. The zero-order valence-electron chi connectivity index (χ0n) is 15.3. The van der Waals surface area contributed by atoms with Gasteiger partial charge in [0, 0.05) is 22.5 Å². The molecule has 1 unspecified atom stereocenters. The fourth-order valence-electron chi connectivity index (χ4n) is 2.96. The SMILES string of the molecule is CCCCC(CO)Nc1nc(N)nc2cnc(Cc3ccc(Cl)cc3)cc12. The summed E-state index contributed by atoms with van der Waals surface area (Å²) in [5.41, 5.74) is 8.55. The predicted octanol–water partition coefficient (Wildman–Crippen LogP) is 3.81. The monoisotopic (exact) mass is 385 g/mol. The zero-order chi connectivity index (χ0) is 19.2. The van der Waals surface area contributed by atoms with Gasteiger partial charge in [0.15, 0.2) is 0 Å². The van der Waals surface area contributed by atoms with E-state index in [9.17, 15) is 5.11 Å². The van der Waals surface area contributed by atoms with E-state index >= 15 is 0 Å². The molecule has 0 aliphatic heterocycles. The first-order valence-corrected chi connectivity index (χ1v) is 9.50. The average molecular weight is 386 g/mol. The summed E-state index contributed by atoms with van der Waals surface area (Å²) in [5.74, 6) is 0.817. The third-order valence-electron chi connectivity index (χ3n) is 4.42. The quantitative estimate of drug-likeness (QED) is 0.545. The maximum absolute atomic E-state index is 9.67. The number of pyridine rings is 1. The average Bonchev–Trinajstić information content (AvgIpc) is 2.67. The highest BCUT2D eigenvalue weighted by Crippen LogP contribution is 2.24. The Morgan fingerprint density at radius 1 is 1.22 bits per heavy atom. The van der Waals surface area contributed by atoms with Crippen LogP contribution in [0.4, 0.5) is 11.8 Å². The number of nitrogens with zero attached hydrogens (tertiary/aromatic N) is 3. The van der Waals surface area contributed by atoms with Crippen LogP contribution in [0.3, 0.4) is 0 Å².